The molecule has 182 valence electrons. The highest BCUT2D eigenvalue weighted by Gasteiger charge is 2.28. The Kier molecular flexibility index (Phi) is 7.28. The van der Waals surface area contributed by atoms with Crippen molar-refractivity contribution >= 4 is 17.6 Å². The van der Waals surface area contributed by atoms with Crippen molar-refractivity contribution in [2.24, 2.45) is 4.99 Å². The highest BCUT2D eigenvalue weighted by molar-refractivity contribution is 6.01. The number of rotatable bonds is 8. The number of methoxy groups -OCH3 is 1. The van der Waals surface area contributed by atoms with Gasteiger partial charge in [0.1, 0.15) is 12.4 Å². The summed E-state index contributed by atoms with van der Waals surface area (Å²) in [5.74, 6) is 0.138. The van der Waals surface area contributed by atoms with E-state index < -0.39 is 18.5 Å². The number of hydroxylamine groups is 1. The Morgan fingerprint density at radius 3 is 2.86 bits per heavy atom. The number of halogens is 1. The summed E-state index contributed by atoms with van der Waals surface area (Å²) in [5, 5.41) is 8.89. The number of aliphatic imine (C=N–C) groups is 1. The van der Waals surface area contributed by atoms with Crippen LogP contribution in [-0.4, -0.2) is 52.0 Å². The van der Waals surface area contributed by atoms with Crippen LogP contribution < -0.4 is 16.0 Å². The van der Waals surface area contributed by atoms with Crippen LogP contribution in [0.3, 0.4) is 0 Å². The maximum atomic E-state index is 14.3. The number of aromatic nitrogens is 3. The molecule has 0 fully saturated rings. The molecule has 4 rings (SSSR count). The molecule has 1 aliphatic heterocycles. The minimum Gasteiger partial charge on any atom is -0.481 e. The first-order valence-corrected chi connectivity index (χ1v) is 10.9. The molecule has 3 heterocycles. The molecule has 0 amide bonds. The van der Waals surface area contributed by atoms with E-state index in [4.69, 9.17) is 25.4 Å². The van der Waals surface area contributed by atoms with Crippen LogP contribution in [0, 0.1) is 12.7 Å². The van der Waals surface area contributed by atoms with Crippen molar-refractivity contribution in [2.75, 3.05) is 26.1 Å². The lowest BCUT2D eigenvalue weighted by Crippen LogP contribution is -2.32. The second-order valence-corrected chi connectivity index (χ2v) is 7.88. The molecule has 0 saturated heterocycles. The van der Waals surface area contributed by atoms with Crippen molar-refractivity contribution in [1.82, 2.24) is 20.4 Å². The van der Waals surface area contributed by atoms with Crippen LogP contribution in [0.1, 0.15) is 35.0 Å². The number of Topliss-reactive ketones (excluding diaryl/α,β-unsaturated/α-hetero) is 1. The molecular formula is C24H25FN6O4. The summed E-state index contributed by atoms with van der Waals surface area (Å²) in [6, 6.07) is 9.24. The number of nitrogens with two attached hydrogens (primary N) is 1. The van der Waals surface area contributed by atoms with E-state index in [1.807, 2.05) is 0 Å². The number of benzene rings is 1. The first kappa shape index (κ1) is 24.2. The van der Waals surface area contributed by atoms with Crippen molar-refractivity contribution in [3.8, 4) is 17.1 Å². The Balaban J connectivity index is 1.74. The molecule has 2 aromatic heterocycles. The summed E-state index contributed by atoms with van der Waals surface area (Å²) in [6.45, 7) is 1.27. The lowest BCUT2D eigenvalue weighted by molar-refractivity contribution is -0.123. The molecule has 0 saturated carbocycles. The van der Waals surface area contributed by atoms with E-state index in [2.05, 4.69) is 20.4 Å². The van der Waals surface area contributed by atoms with Crippen LogP contribution >= 0.6 is 0 Å². The van der Waals surface area contributed by atoms with E-state index in [0.717, 1.165) is 5.56 Å². The number of carbonyl (C=O) groups excluding carboxylic acids is 1. The van der Waals surface area contributed by atoms with Crippen LogP contribution in [0.4, 0.5) is 10.3 Å². The van der Waals surface area contributed by atoms with Gasteiger partial charge in [0.2, 0.25) is 11.8 Å². The zero-order valence-electron chi connectivity index (χ0n) is 19.3. The van der Waals surface area contributed by atoms with Crippen LogP contribution in [0.15, 0.2) is 41.4 Å². The van der Waals surface area contributed by atoms with Crippen LogP contribution in [0.5, 0.6) is 5.88 Å². The van der Waals surface area contributed by atoms with Crippen molar-refractivity contribution in [3.63, 3.8) is 0 Å². The van der Waals surface area contributed by atoms with Gasteiger partial charge in [-0.1, -0.05) is 12.1 Å². The number of ketones is 1. The maximum Gasteiger partial charge on any atom is 0.220 e. The summed E-state index contributed by atoms with van der Waals surface area (Å²) in [6.07, 6.45) is 0.424. The fourth-order valence-electron chi connectivity index (χ4n) is 3.90. The number of ether oxygens (including phenoxy) is 1. The number of carbonyl (C=O) groups is 1. The minimum absolute atomic E-state index is 0.0306. The first-order valence-electron chi connectivity index (χ1n) is 10.9. The predicted molar refractivity (Wildman–Crippen MR) is 126 cm³/mol. The second-order valence-electron chi connectivity index (χ2n) is 7.88. The number of aliphatic hydroxyl groups excluding tert-OH is 1. The number of hydrogen-bond donors (Lipinski definition) is 3. The Morgan fingerprint density at radius 1 is 1.26 bits per heavy atom. The number of fused-ring (bicyclic) bond motifs is 1. The zero-order chi connectivity index (χ0) is 24.9. The number of aryl methyl sites for hydroxylation is 1. The predicted octanol–water partition coefficient (Wildman–Crippen LogP) is 2.09. The Labute approximate surface area is 201 Å². The second kappa shape index (κ2) is 10.5. The van der Waals surface area contributed by atoms with Gasteiger partial charge >= 0.3 is 0 Å². The summed E-state index contributed by atoms with van der Waals surface area (Å²) < 4.78 is 19.5. The number of anilines is 1. The van der Waals surface area contributed by atoms with Crippen molar-refractivity contribution in [3.05, 3.63) is 64.7 Å². The van der Waals surface area contributed by atoms with Gasteiger partial charge in [-0.15, -0.1) is 0 Å². The first-order chi connectivity index (χ1) is 16.9. The van der Waals surface area contributed by atoms with Gasteiger partial charge in [0.25, 0.3) is 0 Å². The molecule has 1 aliphatic rings. The third-order valence-corrected chi connectivity index (χ3v) is 5.50. The summed E-state index contributed by atoms with van der Waals surface area (Å²) in [4.78, 5) is 34.7. The van der Waals surface area contributed by atoms with E-state index in [0.29, 0.717) is 46.3 Å². The molecule has 11 heteroatoms. The lowest BCUT2D eigenvalue weighted by atomic mass is 9.91. The summed E-state index contributed by atoms with van der Waals surface area (Å²) in [7, 11) is 1.51. The number of pyridine rings is 1. The molecule has 0 aliphatic carbocycles. The van der Waals surface area contributed by atoms with E-state index in [9.17, 15) is 9.18 Å². The quantitative estimate of drug-likeness (QED) is 0.326. The Hall–Kier alpha value is -3.96. The molecule has 10 nitrogen and oxygen atoms in total. The van der Waals surface area contributed by atoms with Crippen molar-refractivity contribution in [1.29, 1.82) is 0 Å². The molecule has 0 bridgehead atoms. The van der Waals surface area contributed by atoms with Crippen LogP contribution in [0.25, 0.3) is 11.3 Å². The molecular weight excluding hydrogens is 455 g/mol. The molecule has 35 heavy (non-hydrogen) atoms. The van der Waals surface area contributed by atoms with Gasteiger partial charge in [-0.05, 0) is 30.7 Å². The smallest absolute Gasteiger partial charge is 0.220 e. The standard InChI is InChI=1S/C24H25FN6O4/c1-13-22-20(30-24(26)27-13)11-19(29-23(22)31-35-9-8-15(33)12-32)16-7-6-14(25)10-17(16)18-4-3-5-21(28-18)34-2/h3-7,10,19,32H,8-9,11-12H2,1-2H3,(H,29,31)(H2,26,27,30)/t19-/m1/s1. The topological polar surface area (TPSA) is 145 Å². The number of nitrogen functional groups attached to an aromatic ring is 1. The largest absolute Gasteiger partial charge is 0.481 e. The van der Waals surface area contributed by atoms with Gasteiger partial charge in [-0.3, -0.25) is 14.6 Å². The fraction of sp³-hybridized carbons (Fsp3) is 0.292. The van der Waals surface area contributed by atoms with E-state index in [-0.39, 0.29) is 24.8 Å². The van der Waals surface area contributed by atoms with Gasteiger partial charge in [0.15, 0.2) is 11.6 Å². The zero-order valence-corrected chi connectivity index (χ0v) is 19.3. The number of nitrogens with one attached hydrogen (secondary N) is 1. The van der Waals surface area contributed by atoms with Gasteiger partial charge < -0.3 is 15.6 Å². The number of amidine groups is 1. The summed E-state index contributed by atoms with van der Waals surface area (Å²) in [5.41, 5.74) is 12.4. The molecule has 4 N–H and O–H groups in total. The third-order valence-electron chi connectivity index (χ3n) is 5.50. The molecule has 1 atom stereocenters. The summed E-state index contributed by atoms with van der Waals surface area (Å²) >= 11 is 0. The van der Waals surface area contributed by atoms with Crippen LogP contribution in [0.2, 0.25) is 0 Å². The van der Waals surface area contributed by atoms with Gasteiger partial charge in [-0.25, -0.2) is 24.8 Å². The molecule has 0 spiro atoms. The SMILES string of the molecule is COc1cccc(-c2cc(F)ccc2[C@H]2Cc3nc(N)nc(C)c3C(NOCCC(=O)CO)=N2)n1. The van der Waals surface area contributed by atoms with Gasteiger partial charge in [0.05, 0.1) is 42.4 Å². The Morgan fingerprint density at radius 2 is 2.09 bits per heavy atom. The normalized spacial score (nSPS) is 14.7. The van der Waals surface area contributed by atoms with Crippen molar-refractivity contribution in [2.45, 2.75) is 25.8 Å². The molecule has 0 unspecified atom stereocenters. The van der Waals surface area contributed by atoms with E-state index in [1.54, 1.807) is 31.2 Å². The average Bonchev–Trinajstić information content (AvgIpc) is 2.85. The maximum absolute atomic E-state index is 14.3. The van der Waals surface area contributed by atoms with Gasteiger partial charge in [0, 0.05) is 24.5 Å². The fourth-order valence-corrected chi connectivity index (χ4v) is 3.90. The number of aliphatic hydroxyl groups is 1. The molecule has 3 aromatic rings. The average molecular weight is 481 g/mol. The van der Waals surface area contributed by atoms with Gasteiger partial charge in [-0.2, -0.15) is 0 Å². The minimum atomic E-state index is -0.549. The number of hydrogen-bond acceptors (Lipinski definition) is 10. The molecule has 1 aromatic carbocycles. The van der Waals surface area contributed by atoms with E-state index in [1.165, 1.54) is 19.2 Å². The highest BCUT2D eigenvalue weighted by Crippen LogP contribution is 2.36. The number of nitrogens with zero attached hydrogens (tertiary/aromatic N) is 4. The molecule has 0 radical (unpaired) electrons. The lowest BCUT2D eigenvalue weighted by Gasteiger charge is -2.26. The van der Waals surface area contributed by atoms with E-state index >= 15 is 0 Å². The monoisotopic (exact) mass is 480 g/mol. The van der Waals surface area contributed by atoms with Crippen LogP contribution in [-0.2, 0) is 16.1 Å². The third kappa shape index (κ3) is 5.42. The van der Waals surface area contributed by atoms with Crippen molar-refractivity contribution < 1.29 is 23.9 Å². The highest BCUT2D eigenvalue weighted by atomic mass is 19.1. The Bertz CT molecular complexity index is 1280.